The van der Waals surface area contributed by atoms with E-state index in [1.165, 1.54) is 6.20 Å². The van der Waals surface area contributed by atoms with Gasteiger partial charge in [-0.25, -0.2) is 4.98 Å². The first kappa shape index (κ1) is 21.1. The van der Waals surface area contributed by atoms with Crippen LogP contribution in [-0.2, 0) is 0 Å². The first-order valence-corrected chi connectivity index (χ1v) is 6.63. The fourth-order valence-electron chi connectivity index (χ4n) is 1.71. The number of carbonyl (C=O) groups is 1. The summed E-state index contributed by atoms with van der Waals surface area (Å²) in [5.41, 5.74) is 6.13. The van der Waals surface area contributed by atoms with Gasteiger partial charge in [0.1, 0.15) is 5.75 Å². The van der Waals surface area contributed by atoms with Crippen molar-refractivity contribution in [3.8, 4) is 11.6 Å². The van der Waals surface area contributed by atoms with E-state index in [0.29, 0.717) is 23.7 Å². The molecule has 1 aromatic heterocycles. The molecule has 0 spiro atoms. The molecule has 1 heterocycles. The third-order valence-corrected chi connectivity index (χ3v) is 3.17. The molecule has 0 aliphatic heterocycles. The van der Waals surface area contributed by atoms with E-state index in [0.717, 1.165) is 0 Å². The molecule has 0 fully saturated rings. The van der Waals surface area contributed by atoms with E-state index in [1.54, 1.807) is 48.6 Å². The van der Waals surface area contributed by atoms with E-state index in [2.05, 4.69) is 9.97 Å². The number of hydrogen-bond acceptors (Lipinski definition) is 5. The number of halogens is 2. The summed E-state index contributed by atoms with van der Waals surface area (Å²) in [5, 5.41) is 0. The van der Waals surface area contributed by atoms with Crippen LogP contribution in [0.3, 0.4) is 0 Å². The summed E-state index contributed by atoms with van der Waals surface area (Å²) in [7, 11) is 1.73. The van der Waals surface area contributed by atoms with Crippen molar-refractivity contribution in [1.82, 2.24) is 14.9 Å². The van der Waals surface area contributed by atoms with Crippen molar-refractivity contribution in [3.05, 3.63) is 48.4 Å². The number of nitrogens with zero attached hydrogens (tertiary/aromatic N) is 3. The zero-order valence-electron chi connectivity index (χ0n) is 12.9. The lowest BCUT2D eigenvalue weighted by molar-refractivity contribution is 0.0748. The fourth-order valence-corrected chi connectivity index (χ4v) is 1.71. The topological polar surface area (TPSA) is 81.3 Å². The fraction of sp³-hybridized carbons (Fsp3) is 0.267. The Balaban J connectivity index is 0.00000242. The minimum Gasteiger partial charge on any atom is -0.437 e. The SMILES string of the molecule is CC(CN)N(C)C(=O)c1cccc(Oc2cnccn2)c1.Cl.Cl. The number of hydrogen-bond donors (Lipinski definition) is 1. The predicted octanol–water partition coefficient (Wildman–Crippen LogP) is 2.53. The van der Waals surface area contributed by atoms with Crippen molar-refractivity contribution in [2.75, 3.05) is 13.6 Å². The van der Waals surface area contributed by atoms with E-state index in [9.17, 15) is 4.79 Å². The van der Waals surface area contributed by atoms with Crippen LogP contribution < -0.4 is 10.5 Å². The minimum absolute atomic E-state index is 0. The van der Waals surface area contributed by atoms with Crippen LogP contribution >= 0.6 is 24.8 Å². The molecule has 0 saturated carbocycles. The van der Waals surface area contributed by atoms with E-state index in [-0.39, 0.29) is 36.8 Å². The average molecular weight is 359 g/mol. The van der Waals surface area contributed by atoms with Gasteiger partial charge in [0.15, 0.2) is 0 Å². The second-order valence-corrected chi connectivity index (χ2v) is 4.67. The molecule has 2 aromatic rings. The summed E-state index contributed by atoms with van der Waals surface area (Å²) in [4.78, 5) is 21.9. The Labute approximate surface area is 147 Å². The molecule has 1 amide bonds. The maximum absolute atomic E-state index is 12.3. The zero-order valence-corrected chi connectivity index (χ0v) is 14.5. The van der Waals surface area contributed by atoms with Gasteiger partial charge in [-0.05, 0) is 25.1 Å². The summed E-state index contributed by atoms with van der Waals surface area (Å²) in [6.07, 6.45) is 4.62. The van der Waals surface area contributed by atoms with Crippen LogP contribution in [0.15, 0.2) is 42.9 Å². The molecule has 0 saturated heterocycles. The highest BCUT2D eigenvalue weighted by atomic mass is 35.5. The molecule has 0 radical (unpaired) electrons. The van der Waals surface area contributed by atoms with Crippen molar-refractivity contribution < 1.29 is 9.53 Å². The summed E-state index contributed by atoms with van der Waals surface area (Å²) in [5.74, 6) is 0.818. The third-order valence-electron chi connectivity index (χ3n) is 3.17. The summed E-state index contributed by atoms with van der Waals surface area (Å²) in [6.45, 7) is 2.32. The number of benzene rings is 1. The molecule has 1 aromatic carbocycles. The molecule has 2 N–H and O–H groups in total. The molecule has 126 valence electrons. The Kier molecular flexibility index (Phi) is 9.17. The van der Waals surface area contributed by atoms with Crippen molar-refractivity contribution >= 4 is 30.7 Å². The van der Waals surface area contributed by atoms with Crippen LogP contribution in [0.2, 0.25) is 0 Å². The highest BCUT2D eigenvalue weighted by Gasteiger charge is 2.16. The van der Waals surface area contributed by atoms with Crippen LogP contribution in [0.25, 0.3) is 0 Å². The number of aromatic nitrogens is 2. The number of amides is 1. The standard InChI is InChI=1S/C15H18N4O2.2ClH/c1-11(9-16)19(2)15(20)12-4-3-5-13(8-12)21-14-10-17-6-7-18-14;;/h3-8,10-11H,9,16H2,1-2H3;2*1H. The van der Waals surface area contributed by atoms with Crippen LogP contribution in [-0.4, -0.2) is 40.4 Å². The molecule has 2 rings (SSSR count). The summed E-state index contributed by atoms with van der Waals surface area (Å²) >= 11 is 0. The molecule has 6 nitrogen and oxygen atoms in total. The molecular formula is C15H20Cl2N4O2. The summed E-state index contributed by atoms with van der Waals surface area (Å²) in [6, 6.07) is 6.92. The summed E-state index contributed by atoms with van der Waals surface area (Å²) < 4.78 is 5.57. The van der Waals surface area contributed by atoms with E-state index < -0.39 is 0 Å². The lowest BCUT2D eigenvalue weighted by atomic mass is 10.1. The average Bonchev–Trinajstić information content (AvgIpc) is 2.54. The maximum atomic E-state index is 12.3. The number of nitrogens with two attached hydrogens (primary N) is 1. The quantitative estimate of drug-likeness (QED) is 0.887. The van der Waals surface area contributed by atoms with Gasteiger partial charge in [0.25, 0.3) is 5.91 Å². The van der Waals surface area contributed by atoms with Gasteiger partial charge >= 0.3 is 0 Å². The zero-order chi connectivity index (χ0) is 15.2. The molecule has 1 unspecified atom stereocenters. The van der Waals surface area contributed by atoms with Crippen LogP contribution in [0, 0.1) is 0 Å². The van der Waals surface area contributed by atoms with Crippen molar-refractivity contribution in [3.63, 3.8) is 0 Å². The monoisotopic (exact) mass is 358 g/mol. The molecule has 1 atom stereocenters. The Morgan fingerprint density at radius 1 is 1.35 bits per heavy atom. The molecule has 23 heavy (non-hydrogen) atoms. The van der Waals surface area contributed by atoms with E-state index in [1.807, 2.05) is 6.92 Å². The van der Waals surface area contributed by atoms with E-state index >= 15 is 0 Å². The Hall–Kier alpha value is -1.89. The second-order valence-electron chi connectivity index (χ2n) is 4.67. The van der Waals surface area contributed by atoms with E-state index in [4.69, 9.17) is 10.5 Å². The molecule has 0 bridgehead atoms. The molecule has 8 heteroatoms. The normalized spacial score (nSPS) is 10.7. The number of likely N-dealkylation sites (N-methyl/N-ethyl adjacent to an activating group) is 1. The Morgan fingerprint density at radius 2 is 2.09 bits per heavy atom. The second kappa shape index (κ2) is 9.99. The lowest BCUT2D eigenvalue weighted by Gasteiger charge is -2.23. The smallest absolute Gasteiger partial charge is 0.254 e. The first-order valence-electron chi connectivity index (χ1n) is 6.63. The third kappa shape index (κ3) is 5.67. The largest absolute Gasteiger partial charge is 0.437 e. The van der Waals surface area contributed by atoms with Gasteiger partial charge < -0.3 is 15.4 Å². The molecule has 0 aliphatic carbocycles. The van der Waals surface area contributed by atoms with Gasteiger partial charge in [0, 0.05) is 37.6 Å². The van der Waals surface area contributed by atoms with Crippen LogP contribution in [0.5, 0.6) is 11.6 Å². The maximum Gasteiger partial charge on any atom is 0.254 e. The van der Waals surface area contributed by atoms with Gasteiger partial charge in [0.05, 0.1) is 6.20 Å². The Bertz CT molecular complexity index is 613. The van der Waals surface area contributed by atoms with Crippen LogP contribution in [0.4, 0.5) is 0 Å². The van der Waals surface area contributed by atoms with Crippen molar-refractivity contribution in [1.29, 1.82) is 0 Å². The number of ether oxygens (including phenoxy) is 1. The number of rotatable bonds is 5. The van der Waals surface area contributed by atoms with Gasteiger partial charge in [-0.2, -0.15) is 0 Å². The highest BCUT2D eigenvalue weighted by molar-refractivity contribution is 5.94. The molecular weight excluding hydrogens is 339 g/mol. The first-order chi connectivity index (χ1) is 10.1. The van der Waals surface area contributed by atoms with Crippen molar-refractivity contribution in [2.45, 2.75) is 13.0 Å². The van der Waals surface area contributed by atoms with Crippen LogP contribution in [0.1, 0.15) is 17.3 Å². The lowest BCUT2D eigenvalue weighted by Crippen LogP contribution is -2.39. The van der Waals surface area contributed by atoms with Gasteiger partial charge in [-0.3, -0.25) is 9.78 Å². The Morgan fingerprint density at radius 3 is 2.70 bits per heavy atom. The van der Waals surface area contributed by atoms with Crippen molar-refractivity contribution in [2.24, 2.45) is 5.73 Å². The van der Waals surface area contributed by atoms with Gasteiger partial charge in [-0.1, -0.05) is 6.07 Å². The molecule has 0 aliphatic rings. The van der Waals surface area contributed by atoms with Gasteiger partial charge in [0.2, 0.25) is 5.88 Å². The van der Waals surface area contributed by atoms with Gasteiger partial charge in [-0.15, -0.1) is 24.8 Å². The number of carbonyl (C=O) groups excluding carboxylic acids is 1. The minimum atomic E-state index is -0.0995. The highest BCUT2D eigenvalue weighted by Crippen LogP contribution is 2.20. The predicted molar refractivity (Wildman–Crippen MR) is 93.7 cm³/mol.